The van der Waals surface area contributed by atoms with E-state index in [0.29, 0.717) is 12.2 Å². The van der Waals surface area contributed by atoms with Crippen molar-refractivity contribution in [1.82, 2.24) is 14.7 Å². The predicted octanol–water partition coefficient (Wildman–Crippen LogP) is 2.15. The van der Waals surface area contributed by atoms with Gasteiger partial charge in [-0.25, -0.2) is 18.1 Å². The van der Waals surface area contributed by atoms with Crippen LogP contribution in [0.3, 0.4) is 0 Å². The lowest BCUT2D eigenvalue weighted by Crippen LogP contribution is -2.24. The lowest BCUT2D eigenvalue weighted by molar-refractivity contribution is 0.581. The van der Waals surface area contributed by atoms with Gasteiger partial charge in [0.2, 0.25) is 10.0 Å². The van der Waals surface area contributed by atoms with Crippen molar-refractivity contribution in [2.45, 2.75) is 31.7 Å². The molecule has 2 rings (SSSR count). The van der Waals surface area contributed by atoms with E-state index in [2.05, 4.69) is 20.0 Å². The first kappa shape index (κ1) is 15.9. The van der Waals surface area contributed by atoms with Crippen molar-refractivity contribution in [3.8, 4) is 0 Å². The second-order valence-electron chi connectivity index (χ2n) is 4.51. The Hall–Kier alpha value is -1.51. The van der Waals surface area contributed by atoms with E-state index in [1.807, 2.05) is 19.2 Å². The Morgan fingerprint density at radius 2 is 2.19 bits per heavy atom. The van der Waals surface area contributed by atoms with Crippen molar-refractivity contribution < 1.29 is 8.42 Å². The van der Waals surface area contributed by atoms with Crippen molar-refractivity contribution in [3.05, 3.63) is 34.5 Å². The lowest BCUT2D eigenvalue weighted by atomic mass is 10.4. The van der Waals surface area contributed by atoms with Gasteiger partial charge in [-0.3, -0.25) is 4.98 Å². The first-order valence-corrected chi connectivity index (χ1v) is 8.97. The van der Waals surface area contributed by atoms with Crippen LogP contribution in [0.4, 0.5) is 5.69 Å². The van der Waals surface area contributed by atoms with Crippen molar-refractivity contribution in [2.24, 2.45) is 0 Å². The van der Waals surface area contributed by atoms with Crippen LogP contribution in [0.15, 0.2) is 28.7 Å². The van der Waals surface area contributed by atoms with Gasteiger partial charge in [0, 0.05) is 30.0 Å². The highest BCUT2D eigenvalue weighted by molar-refractivity contribution is 7.89. The van der Waals surface area contributed by atoms with E-state index in [9.17, 15) is 8.42 Å². The smallest absolute Gasteiger partial charge is 0.244 e. The number of nitrogens with zero attached hydrogens (tertiary/aromatic N) is 2. The third-order valence-electron chi connectivity index (χ3n) is 2.72. The number of rotatable bonds is 7. The van der Waals surface area contributed by atoms with Crippen LogP contribution in [-0.2, 0) is 16.6 Å². The largest absolute Gasteiger partial charge is 0.384 e. The standard InChI is InChI=1S/C13H18N4O2S2/c1-3-5-15-11-4-6-14-7-12(11)21(18,19)16-8-13-17-10(2)9-20-13/h4,6-7,9,16H,3,5,8H2,1-2H3,(H,14,15). The van der Waals surface area contributed by atoms with Crippen LogP contribution in [0.25, 0.3) is 0 Å². The summed E-state index contributed by atoms with van der Waals surface area (Å²) in [5.74, 6) is 0. The highest BCUT2D eigenvalue weighted by Crippen LogP contribution is 2.20. The minimum absolute atomic E-state index is 0.159. The van der Waals surface area contributed by atoms with Gasteiger partial charge in [0.1, 0.15) is 9.90 Å². The molecule has 8 heteroatoms. The zero-order chi connectivity index (χ0) is 15.3. The summed E-state index contributed by atoms with van der Waals surface area (Å²) in [6.07, 6.45) is 3.84. The fourth-order valence-electron chi connectivity index (χ4n) is 1.72. The number of aryl methyl sites for hydroxylation is 1. The van der Waals surface area contributed by atoms with Crippen molar-refractivity contribution in [2.75, 3.05) is 11.9 Å². The molecular formula is C13H18N4O2S2. The van der Waals surface area contributed by atoms with Gasteiger partial charge in [-0.1, -0.05) is 6.92 Å². The molecule has 2 aromatic heterocycles. The molecule has 0 aliphatic carbocycles. The molecule has 2 heterocycles. The summed E-state index contributed by atoms with van der Waals surface area (Å²) in [5, 5.41) is 5.73. The minimum atomic E-state index is -3.62. The maximum absolute atomic E-state index is 12.4. The van der Waals surface area contributed by atoms with Crippen molar-refractivity contribution in [1.29, 1.82) is 0 Å². The molecule has 0 aromatic carbocycles. The number of thiazole rings is 1. The Kier molecular flexibility index (Phi) is 5.27. The molecular weight excluding hydrogens is 308 g/mol. The first-order chi connectivity index (χ1) is 10.0. The molecule has 0 aliphatic heterocycles. The summed E-state index contributed by atoms with van der Waals surface area (Å²) in [6.45, 7) is 4.79. The van der Waals surface area contributed by atoms with Crippen LogP contribution in [0, 0.1) is 6.92 Å². The van der Waals surface area contributed by atoms with E-state index < -0.39 is 10.0 Å². The number of anilines is 1. The number of sulfonamides is 1. The van der Waals surface area contributed by atoms with Gasteiger partial charge in [-0.05, 0) is 19.4 Å². The zero-order valence-corrected chi connectivity index (χ0v) is 13.6. The third kappa shape index (κ3) is 4.23. The number of pyridine rings is 1. The second kappa shape index (κ2) is 6.97. The van der Waals surface area contributed by atoms with Gasteiger partial charge in [0.05, 0.1) is 12.2 Å². The average molecular weight is 326 g/mol. The quantitative estimate of drug-likeness (QED) is 0.814. The van der Waals surface area contributed by atoms with Crippen LogP contribution < -0.4 is 10.0 Å². The van der Waals surface area contributed by atoms with E-state index in [1.165, 1.54) is 17.5 Å². The molecule has 2 aromatic rings. The molecule has 0 spiro atoms. The van der Waals surface area contributed by atoms with E-state index in [0.717, 1.165) is 17.1 Å². The van der Waals surface area contributed by atoms with Crippen LogP contribution in [0.5, 0.6) is 0 Å². The van der Waals surface area contributed by atoms with E-state index in [1.54, 1.807) is 12.3 Å². The Labute approximate surface area is 128 Å². The number of aromatic nitrogens is 2. The van der Waals surface area contributed by atoms with Gasteiger partial charge in [0.15, 0.2) is 0 Å². The van der Waals surface area contributed by atoms with Gasteiger partial charge in [-0.2, -0.15) is 0 Å². The maximum Gasteiger partial charge on any atom is 0.244 e. The number of hydrogen-bond donors (Lipinski definition) is 2. The summed E-state index contributed by atoms with van der Waals surface area (Å²) in [7, 11) is -3.62. The van der Waals surface area contributed by atoms with Crippen LogP contribution in [0.1, 0.15) is 24.0 Å². The summed E-state index contributed by atoms with van der Waals surface area (Å²) < 4.78 is 27.3. The van der Waals surface area contributed by atoms with Crippen LogP contribution >= 0.6 is 11.3 Å². The summed E-state index contributed by atoms with van der Waals surface area (Å²) in [4.78, 5) is 8.31. The molecule has 0 amide bonds. The zero-order valence-electron chi connectivity index (χ0n) is 12.0. The van der Waals surface area contributed by atoms with Gasteiger partial charge >= 0.3 is 0 Å². The van der Waals surface area contributed by atoms with Crippen LogP contribution in [0.2, 0.25) is 0 Å². The minimum Gasteiger partial charge on any atom is -0.384 e. The monoisotopic (exact) mass is 326 g/mol. The molecule has 0 aliphatic rings. The van der Waals surface area contributed by atoms with E-state index in [4.69, 9.17) is 0 Å². The Morgan fingerprint density at radius 1 is 1.38 bits per heavy atom. The van der Waals surface area contributed by atoms with Crippen LogP contribution in [-0.4, -0.2) is 24.9 Å². The lowest BCUT2D eigenvalue weighted by Gasteiger charge is -2.11. The fraction of sp³-hybridized carbons (Fsp3) is 0.385. The molecule has 0 saturated carbocycles. The molecule has 0 bridgehead atoms. The van der Waals surface area contributed by atoms with Crippen molar-refractivity contribution >= 4 is 27.0 Å². The van der Waals surface area contributed by atoms with E-state index >= 15 is 0 Å². The number of hydrogen-bond acceptors (Lipinski definition) is 6. The fourth-order valence-corrected chi connectivity index (χ4v) is 3.63. The topological polar surface area (TPSA) is 84.0 Å². The Morgan fingerprint density at radius 3 is 2.86 bits per heavy atom. The SMILES string of the molecule is CCCNc1ccncc1S(=O)(=O)NCc1nc(C)cs1. The average Bonchev–Trinajstić information content (AvgIpc) is 2.89. The molecule has 0 saturated heterocycles. The normalized spacial score (nSPS) is 11.5. The number of nitrogens with one attached hydrogen (secondary N) is 2. The summed E-state index contributed by atoms with van der Waals surface area (Å²) in [5.41, 5.74) is 1.45. The first-order valence-electron chi connectivity index (χ1n) is 6.61. The molecule has 2 N–H and O–H groups in total. The van der Waals surface area contributed by atoms with Gasteiger partial charge in [-0.15, -0.1) is 11.3 Å². The summed E-state index contributed by atoms with van der Waals surface area (Å²) >= 11 is 1.43. The molecule has 21 heavy (non-hydrogen) atoms. The summed E-state index contributed by atoms with van der Waals surface area (Å²) in [6, 6.07) is 1.66. The van der Waals surface area contributed by atoms with E-state index in [-0.39, 0.29) is 11.4 Å². The van der Waals surface area contributed by atoms with Crippen molar-refractivity contribution in [3.63, 3.8) is 0 Å². The molecule has 0 unspecified atom stereocenters. The molecule has 0 fully saturated rings. The molecule has 0 atom stereocenters. The van der Waals surface area contributed by atoms with Gasteiger partial charge < -0.3 is 5.32 Å². The molecule has 0 radical (unpaired) electrons. The predicted molar refractivity (Wildman–Crippen MR) is 83.9 cm³/mol. The highest BCUT2D eigenvalue weighted by Gasteiger charge is 2.19. The Bertz CT molecular complexity index is 698. The Balaban J connectivity index is 2.15. The van der Waals surface area contributed by atoms with Gasteiger partial charge in [0.25, 0.3) is 0 Å². The molecule has 6 nitrogen and oxygen atoms in total. The molecule has 114 valence electrons. The maximum atomic E-state index is 12.4. The third-order valence-corrected chi connectivity index (χ3v) is 5.11. The second-order valence-corrected chi connectivity index (χ2v) is 7.18. The highest BCUT2D eigenvalue weighted by atomic mass is 32.2.